The van der Waals surface area contributed by atoms with Crippen LogP contribution >= 0.6 is 0 Å². The van der Waals surface area contributed by atoms with E-state index in [9.17, 15) is 27.2 Å². The van der Waals surface area contributed by atoms with Crippen LogP contribution in [0.3, 0.4) is 0 Å². The van der Waals surface area contributed by atoms with Gasteiger partial charge in [-0.25, -0.2) is 22.0 Å². The average Bonchev–Trinajstić information content (AvgIpc) is 2.67. The quantitative estimate of drug-likeness (QED) is 0.403. The lowest BCUT2D eigenvalue weighted by Crippen LogP contribution is -2.25. The summed E-state index contributed by atoms with van der Waals surface area (Å²) in [6.07, 6.45) is 4.91. The van der Waals surface area contributed by atoms with Gasteiger partial charge in [-0.1, -0.05) is 5.92 Å². The Bertz CT molecular complexity index is 1340. The Morgan fingerprint density at radius 1 is 0.630 bits per heavy atom. The highest BCUT2D eigenvalue weighted by atomic mass is 19.2. The van der Waals surface area contributed by atoms with Crippen LogP contribution in [0.1, 0.15) is 5.56 Å². The number of nitriles is 4. The average molecular weight is 368 g/mol. The Morgan fingerprint density at radius 2 is 1.11 bits per heavy atom. The number of hydrogen-bond donors (Lipinski definition) is 0. The normalized spacial score (nSPS) is 10.8. The van der Waals surface area contributed by atoms with E-state index in [4.69, 9.17) is 22.2 Å². The number of fused-ring (bicyclic) bond motifs is 1. The largest absolute Gasteiger partial charge is 0.205 e. The first kappa shape index (κ1) is 18.9. The van der Waals surface area contributed by atoms with Gasteiger partial charge < -0.3 is 0 Å². The van der Waals surface area contributed by atoms with Gasteiger partial charge in [0.15, 0.2) is 23.3 Å². The van der Waals surface area contributed by atoms with Crippen LogP contribution in [0.15, 0.2) is 0 Å². The van der Waals surface area contributed by atoms with E-state index in [0.717, 1.165) is 0 Å². The van der Waals surface area contributed by atoms with Crippen molar-refractivity contribution < 1.29 is 22.0 Å². The van der Waals surface area contributed by atoms with Crippen LogP contribution in [-0.2, 0) is 0 Å². The van der Waals surface area contributed by atoms with Gasteiger partial charge in [-0.15, -0.1) is 6.42 Å². The molecular weight excluding hydrogens is 367 g/mol. The maximum absolute atomic E-state index is 14.7. The number of hydrogen-bond acceptors (Lipinski definition) is 4. The summed E-state index contributed by atoms with van der Waals surface area (Å²) >= 11 is 0. The third kappa shape index (κ3) is 2.50. The van der Waals surface area contributed by atoms with Gasteiger partial charge in [0.2, 0.25) is 0 Å². The molecule has 0 saturated heterocycles. The van der Waals surface area contributed by atoms with Crippen molar-refractivity contribution in [2.24, 2.45) is 0 Å². The molecular formula is C18HF5N4. The van der Waals surface area contributed by atoms with Crippen molar-refractivity contribution in [1.82, 2.24) is 0 Å². The minimum atomic E-state index is -2.09. The van der Waals surface area contributed by atoms with Gasteiger partial charge in [-0.05, 0) is 0 Å². The second kappa shape index (κ2) is 6.85. The molecule has 2 aromatic rings. The van der Waals surface area contributed by atoms with Crippen LogP contribution in [0.4, 0.5) is 22.0 Å². The molecule has 0 aliphatic rings. The zero-order valence-corrected chi connectivity index (χ0v) is 12.8. The summed E-state index contributed by atoms with van der Waals surface area (Å²) in [7, 11) is 0. The lowest BCUT2D eigenvalue weighted by Gasteiger charge is -2.10. The second-order valence-corrected chi connectivity index (χ2v) is 4.79. The minimum Gasteiger partial charge on any atom is -0.205 e. The highest BCUT2D eigenvalue weighted by molar-refractivity contribution is 5.93. The third-order valence-corrected chi connectivity index (χ3v) is 3.54. The van der Waals surface area contributed by atoms with Crippen LogP contribution < -0.4 is 10.4 Å². The van der Waals surface area contributed by atoms with E-state index < -0.39 is 67.0 Å². The lowest BCUT2D eigenvalue weighted by atomic mass is 9.96. The fourth-order valence-corrected chi connectivity index (χ4v) is 2.42. The van der Waals surface area contributed by atoms with E-state index in [2.05, 4.69) is 0 Å². The number of rotatable bonds is 0. The predicted octanol–water partition coefficient (Wildman–Crippen LogP) is 1.91. The first-order valence-corrected chi connectivity index (χ1v) is 6.63. The van der Waals surface area contributed by atoms with Gasteiger partial charge in [-0.2, -0.15) is 21.0 Å². The molecule has 0 N–H and O–H groups in total. The molecule has 2 rings (SSSR count). The summed E-state index contributed by atoms with van der Waals surface area (Å²) in [4.78, 5) is 0. The smallest absolute Gasteiger partial charge is 0.171 e. The highest BCUT2D eigenvalue weighted by Crippen LogP contribution is 2.27. The van der Waals surface area contributed by atoms with Gasteiger partial charge >= 0.3 is 0 Å². The number of halogens is 5. The van der Waals surface area contributed by atoms with Crippen molar-refractivity contribution >= 4 is 21.9 Å². The van der Waals surface area contributed by atoms with Crippen molar-refractivity contribution in [3.05, 3.63) is 45.1 Å². The Balaban J connectivity index is 3.56. The van der Waals surface area contributed by atoms with E-state index in [1.165, 1.54) is 24.3 Å². The molecule has 4 nitrogen and oxygen atoms in total. The molecule has 0 atom stereocenters. The van der Waals surface area contributed by atoms with Crippen molar-refractivity contribution in [2.45, 2.75) is 0 Å². The number of nitrogens with zero attached hydrogens (tertiary/aromatic N) is 4. The molecule has 0 aliphatic heterocycles. The standard InChI is InChI=1S/C18HF5N4/c1-2-7(3-24)11-14(19)13-12(17(22)16(11)21)9(6-27)10(8(4-25)5-26)15(20)18(13)23/h1H/b11-7+. The van der Waals surface area contributed by atoms with Crippen molar-refractivity contribution in [3.8, 4) is 36.6 Å². The van der Waals surface area contributed by atoms with Crippen LogP contribution in [-0.4, -0.2) is 0 Å². The highest BCUT2D eigenvalue weighted by Gasteiger charge is 2.28. The molecule has 27 heavy (non-hydrogen) atoms. The van der Waals surface area contributed by atoms with E-state index >= 15 is 0 Å². The first-order valence-electron chi connectivity index (χ1n) is 6.63. The fourth-order valence-electron chi connectivity index (χ4n) is 2.42. The third-order valence-electron chi connectivity index (χ3n) is 3.54. The Morgan fingerprint density at radius 3 is 1.56 bits per heavy atom. The van der Waals surface area contributed by atoms with Gasteiger partial charge in [0.1, 0.15) is 41.2 Å². The molecule has 0 amide bonds. The Hall–Kier alpha value is -4.39. The number of terminal acetylenes is 1. The predicted molar refractivity (Wildman–Crippen MR) is 80.2 cm³/mol. The Labute approximate surface area is 147 Å². The fraction of sp³-hybridized carbons (Fsp3) is 0. The topological polar surface area (TPSA) is 95.2 Å². The van der Waals surface area contributed by atoms with Gasteiger partial charge in [0.25, 0.3) is 0 Å². The molecule has 0 radical (unpaired) electrons. The van der Waals surface area contributed by atoms with E-state index in [-0.39, 0.29) is 0 Å². The van der Waals surface area contributed by atoms with Crippen molar-refractivity contribution in [3.63, 3.8) is 0 Å². The van der Waals surface area contributed by atoms with Gasteiger partial charge in [0.05, 0.1) is 21.4 Å². The molecule has 0 saturated carbocycles. The van der Waals surface area contributed by atoms with Gasteiger partial charge in [-0.3, -0.25) is 0 Å². The maximum Gasteiger partial charge on any atom is 0.171 e. The molecule has 0 aliphatic carbocycles. The monoisotopic (exact) mass is 368 g/mol. The molecule has 0 bridgehead atoms. The lowest BCUT2D eigenvalue weighted by molar-refractivity contribution is 0.484. The van der Waals surface area contributed by atoms with Crippen LogP contribution in [0, 0.1) is 86.8 Å². The summed E-state index contributed by atoms with van der Waals surface area (Å²) in [6.45, 7) is 0. The Kier molecular flexibility index (Phi) is 4.80. The van der Waals surface area contributed by atoms with Crippen LogP contribution in [0.2, 0.25) is 0 Å². The first-order chi connectivity index (χ1) is 12.8. The van der Waals surface area contributed by atoms with E-state index in [0.29, 0.717) is 0 Å². The zero-order valence-electron chi connectivity index (χ0n) is 12.8. The SMILES string of the molecule is C#C/C(C#N)=c1\c(F)c(F)c2c(C#N)c(=C(C#N)C#N)c(F)c(F)c2c1F. The number of benzene rings is 2. The summed E-state index contributed by atoms with van der Waals surface area (Å²) in [5.74, 6) is -8.42. The summed E-state index contributed by atoms with van der Waals surface area (Å²) < 4.78 is 72.3. The minimum absolute atomic E-state index is 1.03. The van der Waals surface area contributed by atoms with Gasteiger partial charge in [0, 0.05) is 5.39 Å². The molecule has 128 valence electrons. The van der Waals surface area contributed by atoms with Crippen LogP contribution in [0.25, 0.3) is 21.9 Å². The van der Waals surface area contributed by atoms with Crippen molar-refractivity contribution in [2.75, 3.05) is 0 Å². The molecule has 0 aromatic heterocycles. The van der Waals surface area contributed by atoms with E-state index in [1.807, 2.05) is 0 Å². The van der Waals surface area contributed by atoms with Crippen molar-refractivity contribution in [1.29, 1.82) is 21.0 Å². The zero-order chi connectivity index (χ0) is 20.5. The molecule has 0 heterocycles. The molecule has 2 aromatic carbocycles. The maximum atomic E-state index is 14.7. The summed E-state index contributed by atoms with van der Waals surface area (Å²) in [6, 6.07) is 4.80. The molecule has 0 spiro atoms. The molecule has 0 fully saturated rings. The molecule has 9 heteroatoms. The summed E-state index contributed by atoms with van der Waals surface area (Å²) in [5, 5.41) is 30.2. The molecule has 0 unspecified atom stereocenters. The van der Waals surface area contributed by atoms with E-state index in [1.54, 1.807) is 5.92 Å². The van der Waals surface area contributed by atoms with Crippen LogP contribution in [0.5, 0.6) is 0 Å². The second-order valence-electron chi connectivity index (χ2n) is 4.79. The summed E-state index contributed by atoms with van der Waals surface area (Å²) in [5.41, 5.74) is -3.31.